The summed E-state index contributed by atoms with van der Waals surface area (Å²) in [6.45, 7) is 0. The average Bonchev–Trinajstić information content (AvgIpc) is 1.58. The first-order valence-electron chi connectivity index (χ1n) is 37.2. The van der Waals surface area contributed by atoms with E-state index in [0.29, 0.717) is 34.9 Å². The van der Waals surface area contributed by atoms with Crippen molar-refractivity contribution in [1.29, 1.82) is 0 Å². The van der Waals surface area contributed by atoms with Crippen LogP contribution in [0.25, 0.3) is 210 Å². The molecule has 8 heteroatoms. The van der Waals surface area contributed by atoms with Gasteiger partial charge in [-0.1, -0.05) is 291 Å². The maximum absolute atomic E-state index is 4.95. The van der Waals surface area contributed by atoms with Gasteiger partial charge < -0.3 is 9.13 Å². The molecule has 0 aliphatic heterocycles. The van der Waals surface area contributed by atoms with Crippen molar-refractivity contribution < 1.29 is 0 Å². The molecule has 0 saturated carbocycles. The fraction of sp³-hybridized carbons (Fsp3) is 0. The van der Waals surface area contributed by atoms with Crippen LogP contribution in [0.3, 0.4) is 0 Å². The number of hydrogen-bond donors (Lipinski definition) is 0. The van der Waals surface area contributed by atoms with Crippen molar-refractivity contribution in [3.05, 3.63) is 388 Å². The molecule has 0 aliphatic carbocycles. The van der Waals surface area contributed by atoms with Crippen molar-refractivity contribution >= 4 is 108 Å². The number of fused-ring (bicyclic) bond motifs is 16. The van der Waals surface area contributed by atoms with Crippen LogP contribution in [0.1, 0.15) is 0 Å². The Bertz CT molecular complexity index is 7250. The van der Waals surface area contributed by atoms with Crippen LogP contribution in [-0.4, -0.2) is 39.0 Å². The van der Waals surface area contributed by atoms with E-state index < -0.39 is 0 Å². The average molecular weight is 1400 g/mol. The molecule has 0 fully saturated rings. The molecule has 0 N–H and O–H groups in total. The van der Waals surface area contributed by atoms with Gasteiger partial charge in [-0.2, -0.15) is 0 Å². The summed E-state index contributed by atoms with van der Waals surface area (Å²) in [6.07, 6.45) is 0. The van der Waals surface area contributed by atoms with Crippen LogP contribution >= 0.6 is 0 Å². The summed E-state index contributed by atoms with van der Waals surface area (Å²) in [4.78, 5) is 29.6. The number of rotatable bonds is 10. The summed E-state index contributed by atoms with van der Waals surface area (Å²) < 4.78 is 4.74. The molecule has 22 aromatic rings. The Morgan fingerprint density at radius 2 is 0.400 bits per heavy atom. The minimum absolute atomic E-state index is 0.642. The Labute approximate surface area is 633 Å². The first-order valence-corrected chi connectivity index (χ1v) is 37.2. The molecule has 22 rings (SSSR count). The quantitative estimate of drug-likeness (QED) is 0.127. The van der Waals surface area contributed by atoms with E-state index in [4.69, 9.17) is 29.9 Å². The molecule has 512 valence electrons. The molecule has 8 nitrogen and oxygen atoms in total. The first kappa shape index (κ1) is 63.6. The highest BCUT2D eigenvalue weighted by Crippen LogP contribution is 2.43. The van der Waals surface area contributed by atoms with E-state index in [-0.39, 0.29) is 0 Å². The molecule has 0 amide bonds. The molecule has 0 radical (unpaired) electrons. The van der Waals surface area contributed by atoms with Gasteiger partial charge in [-0.3, -0.25) is 0 Å². The lowest BCUT2D eigenvalue weighted by atomic mass is 9.95. The van der Waals surface area contributed by atoms with Gasteiger partial charge in [-0.25, -0.2) is 29.9 Å². The molecule has 0 atom stereocenters. The highest BCUT2D eigenvalue weighted by molar-refractivity contribution is 6.23. The van der Waals surface area contributed by atoms with Gasteiger partial charge in [0.1, 0.15) is 0 Å². The highest BCUT2D eigenvalue weighted by atomic mass is 15.0. The minimum Gasteiger partial charge on any atom is -0.309 e. The van der Waals surface area contributed by atoms with Crippen LogP contribution in [-0.2, 0) is 0 Å². The van der Waals surface area contributed by atoms with Gasteiger partial charge in [0.2, 0.25) is 0 Å². The topological polar surface area (TPSA) is 87.2 Å². The zero-order chi connectivity index (χ0) is 72.6. The summed E-state index contributed by atoms with van der Waals surface area (Å²) in [5, 5.41) is 20.1. The lowest BCUT2D eigenvalue weighted by molar-refractivity contribution is 1.07. The van der Waals surface area contributed by atoms with Crippen LogP contribution in [0.5, 0.6) is 0 Å². The number of benzene rings is 18. The van der Waals surface area contributed by atoms with E-state index in [1.54, 1.807) is 0 Å². The van der Waals surface area contributed by atoms with E-state index in [1.165, 1.54) is 131 Å². The Hall–Kier alpha value is -14.9. The first-order chi connectivity index (χ1) is 54.5. The summed E-state index contributed by atoms with van der Waals surface area (Å²) in [6, 6.07) is 138. The smallest absolute Gasteiger partial charge is 0.164 e. The standard InChI is InChI=1S/2C51H32N4/c1-3-12-34(13-4-1)49-52-50(35-14-5-2-6-15-35)54-51(53-49)36-21-26-41(27-22-36)55-46-18-10-9-17-45(46)48-44-29-24-38(32-40(44)25-30-47(48)55)37-23-28-43-39(31-37)20-19-33-11-7-8-16-42(33)43;1-3-12-35(13-4-1)49-52-50(36-14-5-2-6-15-36)54-51(53-49)37-23-27-41(28-24-37)55-46-18-10-9-17-44(46)48-43-29-25-38(31-40(43)26-30-47(48)55)39-22-21-34-20-19-33-11-7-8-16-42(33)45(34)32-39/h2*1-32H. The van der Waals surface area contributed by atoms with Gasteiger partial charge >= 0.3 is 0 Å². The number of aromatic nitrogens is 8. The van der Waals surface area contributed by atoms with Crippen LogP contribution in [0, 0.1) is 0 Å². The zero-order valence-corrected chi connectivity index (χ0v) is 59.5. The molecule has 110 heavy (non-hydrogen) atoms. The molecular weight excluding hydrogens is 1340 g/mol. The van der Waals surface area contributed by atoms with Crippen molar-refractivity contribution in [3.63, 3.8) is 0 Å². The monoisotopic (exact) mass is 1400 g/mol. The van der Waals surface area contributed by atoms with Crippen LogP contribution < -0.4 is 0 Å². The Morgan fingerprint density at radius 1 is 0.145 bits per heavy atom. The molecule has 0 unspecified atom stereocenters. The van der Waals surface area contributed by atoms with Crippen LogP contribution in [0.15, 0.2) is 388 Å². The predicted molar refractivity (Wildman–Crippen MR) is 457 cm³/mol. The highest BCUT2D eigenvalue weighted by Gasteiger charge is 2.21. The second kappa shape index (κ2) is 26.6. The van der Waals surface area contributed by atoms with Crippen molar-refractivity contribution in [1.82, 2.24) is 39.0 Å². The number of para-hydroxylation sites is 2. The molecule has 4 heterocycles. The largest absolute Gasteiger partial charge is 0.309 e. The summed E-state index contributed by atoms with van der Waals surface area (Å²) >= 11 is 0. The SMILES string of the molecule is c1ccc(-c2nc(-c3ccccc3)nc(-c3ccc(-n4c5ccccc5c5c6ccc(-c7ccc8c(ccc9ccccc98)c7)cc6ccc54)cc3)n2)cc1.c1ccc(-c2nc(-c3ccccc3)nc(-c3ccc(-n4c5ccccc5c5c6ccc(-c7ccc8ccc9ccccc9c8c7)cc6ccc54)cc3)n2)cc1. The van der Waals surface area contributed by atoms with Crippen LogP contribution in [0.2, 0.25) is 0 Å². The molecule has 18 aromatic carbocycles. The lowest BCUT2D eigenvalue weighted by Gasteiger charge is -2.11. The fourth-order valence-electron chi connectivity index (χ4n) is 16.3. The van der Waals surface area contributed by atoms with Gasteiger partial charge in [-0.15, -0.1) is 0 Å². The van der Waals surface area contributed by atoms with Crippen LogP contribution in [0.4, 0.5) is 0 Å². The van der Waals surface area contributed by atoms with Gasteiger partial charge in [0.15, 0.2) is 34.9 Å². The van der Waals surface area contributed by atoms with Crippen molar-refractivity contribution in [3.8, 4) is 102 Å². The normalized spacial score (nSPS) is 11.6. The molecule has 0 saturated heterocycles. The van der Waals surface area contributed by atoms with Crippen molar-refractivity contribution in [2.75, 3.05) is 0 Å². The number of hydrogen-bond acceptors (Lipinski definition) is 6. The van der Waals surface area contributed by atoms with Crippen molar-refractivity contribution in [2.24, 2.45) is 0 Å². The van der Waals surface area contributed by atoms with E-state index in [1.807, 2.05) is 121 Å². The molecule has 0 aliphatic rings. The fourth-order valence-corrected chi connectivity index (χ4v) is 16.3. The van der Waals surface area contributed by atoms with Gasteiger partial charge in [0, 0.05) is 66.3 Å². The molecular formula is C102H64N8. The predicted octanol–water partition coefficient (Wildman–Crippen LogP) is 26.2. The van der Waals surface area contributed by atoms with E-state index >= 15 is 0 Å². The third kappa shape index (κ3) is 11.2. The summed E-state index contributed by atoms with van der Waals surface area (Å²) in [5.74, 6) is 3.89. The van der Waals surface area contributed by atoms with Gasteiger partial charge in [0.05, 0.1) is 22.1 Å². The lowest BCUT2D eigenvalue weighted by Crippen LogP contribution is -2.00. The van der Waals surface area contributed by atoms with E-state index in [2.05, 4.69) is 276 Å². The Kier molecular flexibility index (Phi) is 15.4. The summed E-state index contributed by atoms with van der Waals surface area (Å²) in [7, 11) is 0. The van der Waals surface area contributed by atoms with Gasteiger partial charge in [0.25, 0.3) is 0 Å². The Morgan fingerprint density at radius 3 is 0.800 bits per heavy atom. The second-order valence-corrected chi connectivity index (χ2v) is 28.1. The van der Waals surface area contributed by atoms with E-state index in [0.717, 1.165) is 44.8 Å². The third-order valence-electron chi connectivity index (χ3n) is 21.6. The third-order valence-corrected chi connectivity index (χ3v) is 21.6. The summed E-state index contributed by atoms with van der Waals surface area (Å²) in [5.41, 5.74) is 17.4. The molecule has 0 spiro atoms. The maximum atomic E-state index is 4.95. The zero-order valence-electron chi connectivity index (χ0n) is 59.5. The van der Waals surface area contributed by atoms with Gasteiger partial charge in [-0.05, 0) is 184 Å². The van der Waals surface area contributed by atoms with Crippen molar-refractivity contribution in [2.45, 2.75) is 0 Å². The second-order valence-electron chi connectivity index (χ2n) is 28.1. The maximum Gasteiger partial charge on any atom is 0.164 e. The molecule has 0 bridgehead atoms. The Balaban J connectivity index is 0.000000140. The van der Waals surface area contributed by atoms with E-state index in [9.17, 15) is 0 Å². The minimum atomic E-state index is 0.642. The molecule has 4 aromatic heterocycles. The number of nitrogens with zero attached hydrogens (tertiary/aromatic N) is 8.